The molecule has 1 aromatic carbocycles. The molecular formula is C15H18N2O2. The highest BCUT2D eigenvalue weighted by atomic mass is 16.4. The predicted octanol–water partition coefficient (Wildman–Crippen LogP) is 3.07. The van der Waals surface area contributed by atoms with Gasteiger partial charge in [0.15, 0.2) is 0 Å². The van der Waals surface area contributed by atoms with Crippen LogP contribution in [0.25, 0.3) is 10.9 Å². The molecule has 19 heavy (non-hydrogen) atoms. The second-order valence-corrected chi connectivity index (χ2v) is 4.66. The van der Waals surface area contributed by atoms with Gasteiger partial charge in [-0.3, -0.25) is 9.78 Å². The molecule has 4 heteroatoms. The summed E-state index contributed by atoms with van der Waals surface area (Å²) in [5, 5.41) is 13.0. The Morgan fingerprint density at radius 3 is 2.89 bits per heavy atom. The predicted molar refractivity (Wildman–Crippen MR) is 76.5 cm³/mol. The van der Waals surface area contributed by atoms with Gasteiger partial charge in [-0.05, 0) is 37.1 Å². The number of benzene rings is 1. The molecule has 0 spiro atoms. The van der Waals surface area contributed by atoms with Crippen LogP contribution in [0.2, 0.25) is 0 Å². The molecule has 0 saturated heterocycles. The molecule has 2 rings (SSSR count). The molecule has 1 heterocycles. The third-order valence-electron chi connectivity index (χ3n) is 3.09. The third kappa shape index (κ3) is 3.02. The van der Waals surface area contributed by atoms with E-state index in [0.717, 1.165) is 29.4 Å². The van der Waals surface area contributed by atoms with Gasteiger partial charge < -0.3 is 10.4 Å². The quantitative estimate of drug-likeness (QED) is 0.865. The maximum absolute atomic E-state index is 10.9. The minimum Gasteiger partial charge on any atom is -0.480 e. The molecule has 0 aliphatic heterocycles. The van der Waals surface area contributed by atoms with Gasteiger partial charge >= 0.3 is 5.97 Å². The van der Waals surface area contributed by atoms with Crippen LogP contribution in [-0.4, -0.2) is 22.1 Å². The third-order valence-corrected chi connectivity index (χ3v) is 3.09. The monoisotopic (exact) mass is 258 g/mol. The summed E-state index contributed by atoms with van der Waals surface area (Å²) in [6, 6.07) is 7.33. The average Bonchev–Trinajstić information content (AvgIpc) is 2.39. The Labute approximate surface area is 112 Å². The minimum atomic E-state index is -0.866. The Kier molecular flexibility index (Phi) is 4.00. The van der Waals surface area contributed by atoms with Crippen molar-refractivity contribution in [1.29, 1.82) is 0 Å². The number of aromatic nitrogens is 1. The Bertz CT molecular complexity index is 596. The first-order valence-electron chi connectivity index (χ1n) is 6.48. The summed E-state index contributed by atoms with van der Waals surface area (Å²) in [7, 11) is 0. The van der Waals surface area contributed by atoms with Gasteiger partial charge in [-0.2, -0.15) is 0 Å². The number of carboxylic acid groups (broad SMARTS) is 1. The summed E-state index contributed by atoms with van der Waals surface area (Å²) < 4.78 is 0. The lowest BCUT2D eigenvalue weighted by Gasteiger charge is -2.13. The molecule has 0 amide bonds. The highest BCUT2D eigenvalue weighted by molar-refractivity contribution is 5.93. The van der Waals surface area contributed by atoms with Gasteiger partial charge in [0.1, 0.15) is 6.04 Å². The first kappa shape index (κ1) is 13.3. The van der Waals surface area contributed by atoms with Crippen LogP contribution in [0.5, 0.6) is 0 Å². The van der Waals surface area contributed by atoms with Crippen molar-refractivity contribution in [2.75, 3.05) is 5.32 Å². The molecule has 0 bridgehead atoms. The van der Waals surface area contributed by atoms with E-state index in [-0.39, 0.29) is 0 Å². The Balaban J connectivity index is 2.42. The van der Waals surface area contributed by atoms with E-state index in [4.69, 9.17) is 5.11 Å². The number of aliphatic carboxylic acids is 1. The zero-order valence-electron chi connectivity index (χ0n) is 11.2. The number of nitrogens with one attached hydrogen (secondary N) is 1. The fourth-order valence-electron chi connectivity index (χ4n) is 2.06. The van der Waals surface area contributed by atoms with Crippen LogP contribution in [0.4, 0.5) is 5.69 Å². The number of hydrogen-bond acceptors (Lipinski definition) is 3. The van der Waals surface area contributed by atoms with Crippen molar-refractivity contribution < 1.29 is 9.90 Å². The minimum absolute atomic E-state index is 0.625. The van der Waals surface area contributed by atoms with Gasteiger partial charge in [-0.25, -0.2) is 0 Å². The summed E-state index contributed by atoms with van der Waals surface area (Å²) in [5.41, 5.74) is 2.94. The fraction of sp³-hybridized carbons (Fsp3) is 0.333. The first-order valence-corrected chi connectivity index (χ1v) is 6.48. The van der Waals surface area contributed by atoms with Crippen molar-refractivity contribution in [2.24, 2.45) is 0 Å². The summed E-state index contributed by atoms with van der Waals surface area (Å²) in [6.45, 7) is 3.77. The number of rotatable bonds is 5. The molecule has 4 nitrogen and oxygen atoms in total. The average molecular weight is 258 g/mol. The van der Waals surface area contributed by atoms with Gasteiger partial charge in [0.05, 0.1) is 5.52 Å². The summed E-state index contributed by atoms with van der Waals surface area (Å²) in [6.07, 6.45) is 3.79. The first-order chi connectivity index (χ1) is 9.11. The molecule has 0 saturated carbocycles. The second kappa shape index (κ2) is 5.69. The molecule has 1 aromatic heterocycles. The molecule has 0 aliphatic rings. The van der Waals surface area contributed by atoms with Crippen LogP contribution in [0.15, 0.2) is 30.5 Å². The van der Waals surface area contributed by atoms with E-state index in [1.807, 2.05) is 12.1 Å². The van der Waals surface area contributed by atoms with Crippen molar-refractivity contribution in [3.63, 3.8) is 0 Å². The molecule has 2 aromatic rings. The van der Waals surface area contributed by atoms with Gasteiger partial charge in [0.2, 0.25) is 0 Å². The van der Waals surface area contributed by atoms with Crippen molar-refractivity contribution in [3.8, 4) is 0 Å². The molecule has 0 fully saturated rings. The van der Waals surface area contributed by atoms with E-state index < -0.39 is 12.0 Å². The largest absolute Gasteiger partial charge is 0.480 e. The van der Waals surface area contributed by atoms with Crippen molar-refractivity contribution in [1.82, 2.24) is 4.98 Å². The Morgan fingerprint density at radius 1 is 1.42 bits per heavy atom. The van der Waals surface area contributed by atoms with Crippen molar-refractivity contribution >= 4 is 22.6 Å². The van der Waals surface area contributed by atoms with E-state index in [0.29, 0.717) is 0 Å². The van der Waals surface area contributed by atoms with Crippen LogP contribution >= 0.6 is 0 Å². The summed E-state index contributed by atoms with van der Waals surface area (Å²) in [5.74, 6) is -0.866. The lowest BCUT2D eigenvalue weighted by atomic mass is 10.1. The Hall–Kier alpha value is -2.10. The Morgan fingerprint density at radius 2 is 2.21 bits per heavy atom. The number of pyridine rings is 1. The topological polar surface area (TPSA) is 62.2 Å². The van der Waals surface area contributed by atoms with Crippen LogP contribution in [-0.2, 0) is 11.2 Å². The van der Waals surface area contributed by atoms with Crippen LogP contribution in [0, 0.1) is 0 Å². The van der Waals surface area contributed by atoms with Gasteiger partial charge in [0.25, 0.3) is 0 Å². The van der Waals surface area contributed by atoms with Gasteiger partial charge in [-0.1, -0.05) is 19.4 Å². The number of carboxylic acids is 1. The SMILES string of the molecule is CCCc1ccc2nccc(N[C@@H](C)C(=O)O)c2c1. The molecule has 0 radical (unpaired) electrons. The molecule has 0 aliphatic carbocycles. The van der Waals surface area contributed by atoms with E-state index in [9.17, 15) is 4.79 Å². The molecule has 0 unspecified atom stereocenters. The second-order valence-electron chi connectivity index (χ2n) is 4.66. The highest BCUT2D eigenvalue weighted by Gasteiger charge is 2.12. The van der Waals surface area contributed by atoms with Crippen LogP contribution in [0.1, 0.15) is 25.8 Å². The standard InChI is InChI=1S/C15H18N2O2/c1-3-4-11-5-6-13-12(9-11)14(7-8-16-13)17-10(2)15(18)19/h5-10H,3-4H2,1-2H3,(H,16,17)(H,18,19)/t10-/m0/s1. The summed E-state index contributed by atoms with van der Waals surface area (Å²) >= 11 is 0. The zero-order valence-corrected chi connectivity index (χ0v) is 11.2. The van der Waals surface area contributed by atoms with E-state index in [2.05, 4.69) is 29.4 Å². The number of nitrogens with zero attached hydrogens (tertiary/aromatic N) is 1. The van der Waals surface area contributed by atoms with E-state index in [1.165, 1.54) is 5.56 Å². The molecule has 1 atom stereocenters. The van der Waals surface area contributed by atoms with Crippen molar-refractivity contribution in [2.45, 2.75) is 32.7 Å². The molecular weight excluding hydrogens is 240 g/mol. The molecule has 2 N–H and O–H groups in total. The maximum atomic E-state index is 10.9. The van der Waals surface area contributed by atoms with Crippen molar-refractivity contribution in [3.05, 3.63) is 36.0 Å². The summed E-state index contributed by atoms with van der Waals surface area (Å²) in [4.78, 5) is 15.2. The number of anilines is 1. The molecule has 100 valence electrons. The van der Waals surface area contributed by atoms with E-state index in [1.54, 1.807) is 13.1 Å². The smallest absolute Gasteiger partial charge is 0.325 e. The lowest BCUT2D eigenvalue weighted by molar-refractivity contribution is -0.137. The number of hydrogen-bond donors (Lipinski definition) is 2. The number of fused-ring (bicyclic) bond motifs is 1. The fourth-order valence-corrected chi connectivity index (χ4v) is 2.06. The zero-order chi connectivity index (χ0) is 13.8. The van der Waals surface area contributed by atoms with Crippen LogP contribution in [0.3, 0.4) is 0 Å². The number of aryl methyl sites for hydroxylation is 1. The number of carbonyl (C=O) groups is 1. The normalized spacial score (nSPS) is 12.3. The van der Waals surface area contributed by atoms with E-state index >= 15 is 0 Å². The maximum Gasteiger partial charge on any atom is 0.325 e. The van der Waals surface area contributed by atoms with Crippen LogP contribution < -0.4 is 5.32 Å². The van der Waals surface area contributed by atoms with Gasteiger partial charge in [0, 0.05) is 17.3 Å². The lowest BCUT2D eigenvalue weighted by Crippen LogP contribution is -2.25. The van der Waals surface area contributed by atoms with Gasteiger partial charge in [-0.15, -0.1) is 0 Å². The highest BCUT2D eigenvalue weighted by Crippen LogP contribution is 2.24.